The monoisotopic (exact) mass is 180 g/mol. The second-order valence-corrected chi connectivity index (χ2v) is 3.60. The zero-order valence-electron chi connectivity index (χ0n) is 8.61. The van der Waals surface area contributed by atoms with Crippen molar-refractivity contribution in [2.45, 2.75) is 39.7 Å². The lowest BCUT2D eigenvalue weighted by atomic mass is 10.2. The van der Waals surface area contributed by atoms with Crippen LogP contribution in [0.1, 0.15) is 39.4 Å². The maximum Gasteiger partial charge on any atom is 0.156 e. The van der Waals surface area contributed by atoms with Crippen LogP contribution < -0.4 is 4.74 Å². The van der Waals surface area contributed by atoms with Crippen LogP contribution in [0, 0.1) is 0 Å². The molecule has 0 atom stereocenters. The molecule has 1 aromatic rings. The highest BCUT2D eigenvalue weighted by atomic mass is 16.5. The van der Waals surface area contributed by atoms with Gasteiger partial charge in [0.1, 0.15) is 5.82 Å². The Morgan fingerprint density at radius 3 is 2.00 bits per heavy atom. The molecule has 72 valence electrons. The van der Waals surface area contributed by atoms with E-state index in [0.29, 0.717) is 5.92 Å². The summed E-state index contributed by atoms with van der Waals surface area (Å²) in [6.45, 7) is 8.10. The summed E-state index contributed by atoms with van der Waals surface area (Å²) in [7, 11) is 0. The third-order valence-electron chi connectivity index (χ3n) is 1.54. The van der Waals surface area contributed by atoms with Crippen molar-refractivity contribution in [2.75, 3.05) is 0 Å². The first kappa shape index (κ1) is 9.96. The maximum atomic E-state index is 5.42. The van der Waals surface area contributed by atoms with Crippen molar-refractivity contribution in [3.63, 3.8) is 0 Å². The van der Waals surface area contributed by atoms with E-state index < -0.39 is 0 Å². The highest BCUT2D eigenvalue weighted by Gasteiger charge is 2.03. The van der Waals surface area contributed by atoms with Gasteiger partial charge in [0, 0.05) is 5.92 Å². The first-order valence-corrected chi connectivity index (χ1v) is 4.58. The summed E-state index contributed by atoms with van der Waals surface area (Å²) in [5.74, 6) is 1.96. The number of rotatable bonds is 3. The van der Waals surface area contributed by atoms with E-state index in [0.717, 1.165) is 11.6 Å². The average Bonchev–Trinajstić information content (AvgIpc) is 2.04. The van der Waals surface area contributed by atoms with E-state index in [1.54, 1.807) is 12.4 Å². The molecule has 0 amide bonds. The van der Waals surface area contributed by atoms with Crippen LogP contribution in [0.5, 0.6) is 5.75 Å². The minimum absolute atomic E-state index is 0.175. The van der Waals surface area contributed by atoms with Crippen LogP contribution in [-0.2, 0) is 0 Å². The molecule has 0 aliphatic heterocycles. The third kappa shape index (κ3) is 3.01. The zero-order valence-corrected chi connectivity index (χ0v) is 8.61. The summed E-state index contributed by atoms with van der Waals surface area (Å²) in [6, 6.07) is 0. The third-order valence-corrected chi connectivity index (χ3v) is 1.54. The Morgan fingerprint density at radius 1 is 1.08 bits per heavy atom. The molecule has 0 saturated heterocycles. The van der Waals surface area contributed by atoms with Crippen LogP contribution in [0.25, 0.3) is 0 Å². The van der Waals surface area contributed by atoms with Gasteiger partial charge in [0.05, 0.1) is 18.5 Å². The van der Waals surface area contributed by atoms with E-state index in [1.165, 1.54) is 0 Å². The van der Waals surface area contributed by atoms with Crippen LogP contribution in [0.4, 0.5) is 0 Å². The fraction of sp³-hybridized carbons (Fsp3) is 0.600. The van der Waals surface area contributed by atoms with Gasteiger partial charge in [-0.05, 0) is 13.8 Å². The van der Waals surface area contributed by atoms with Crippen molar-refractivity contribution in [3.8, 4) is 5.75 Å². The number of ether oxygens (including phenoxy) is 1. The van der Waals surface area contributed by atoms with Crippen LogP contribution in [0.15, 0.2) is 12.4 Å². The molecule has 0 N–H and O–H groups in total. The predicted molar refractivity (Wildman–Crippen MR) is 51.9 cm³/mol. The summed E-state index contributed by atoms with van der Waals surface area (Å²) >= 11 is 0. The minimum atomic E-state index is 0.175. The van der Waals surface area contributed by atoms with E-state index in [2.05, 4.69) is 23.8 Å². The Hall–Kier alpha value is -1.12. The summed E-state index contributed by atoms with van der Waals surface area (Å²) in [6.07, 6.45) is 3.62. The van der Waals surface area contributed by atoms with E-state index in [-0.39, 0.29) is 6.10 Å². The smallest absolute Gasteiger partial charge is 0.156 e. The lowest BCUT2D eigenvalue weighted by molar-refractivity contribution is 0.240. The van der Waals surface area contributed by atoms with Crippen LogP contribution >= 0.6 is 0 Å². The molecule has 0 unspecified atom stereocenters. The van der Waals surface area contributed by atoms with E-state index in [4.69, 9.17) is 4.74 Å². The van der Waals surface area contributed by atoms with Gasteiger partial charge in [0.15, 0.2) is 5.75 Å². The molecular formula is C10H16N2O. The lowest BCUT2D eigenvalue weighted by Crippen LogP contribution is -2.07. The number of hydrogen-bond acceptors (Lipinski definition) is 3. The summed E-state index contributed by atoms with van der Waals surface area (Å²) < 4.78 is 5.42. The molecule has 0 fully saturated rings. The van der Waals surface area contributed by atoms with Gasteiger partial charge in [0.2, 0.25) is 0 Å². The van der Waals surface area contributed by atoms with Crippen LogP contribution in [0.2, 0.25) is 0 Å². The Kier molecular flexibility index (Phi) is 3.23. The molecule has 0 bridgehead atoms. The van der Waals surface area contributed by atoms with Gasteiger partial charge in [-0.2, -0.15) is 0 Å². The Morgan fingerprint density at radius 2 is 1.62 bits per heavy atom. The zero-order chi connectivity index (χ0) is 9.84. The predicted octanol–water partition coefficient (Wildman–Crippen LogP) is 2.39. The summed E-state index contributed by atoms with van der Waals surface area (Å²) in [4.78, 5) is 8.39. The molecule has 0 aliphatic rings. The highest BCUT2D eigenvalue weighted by Crippen LogP contribution is 2.12. The van der Waals surface area contributed by atoms with E-state index >= 15 is 0 Å². The molecule has 3 nitrogen and oxygen atoms in total. The number of aromatic nitrogens is 2. The fourth-order valence-electron chi connectivity index (χ4n) is 0.957. The van der Waals surface area contributed by atoms with Gasteiger partial charge in [-0.15, -0.1) is 0 Å². The van der Waals surface area contributed by atoms with Gasteiger partial charge in [0.25, 0.3) is 0 Å². The number of hydrogen-bond donors (Lipinski definition) is 0. The van der Waals surface area contributed by atoms with Crippen molar-refractivity contribution >= 4 is 0 Å². The Bertz CT molecular complexity index is 254. The molecule has 0 spiro atoms. The highest BCUT2D eigenvalue weighted by molar-refractivity contribution is 5.13. The van der Waals surface area contributed by atoms with Crippen molar-refractivity contribution in [2.24, 2.45) is 0 Å². The second-order valence-electron chi connectivity index (χ2n) is 3.60. The first-order valence-electron chi connectivity index (χ1n) is 4.58. The molecule has 3 heteroatoms. The molecule has 0 radical (unpaired) electrons. The fourth-order valence-corrected chi connectivity index (χ4v) is 0.957. The molecule has 1 rings (SSSR count). The minimum Gasteiger partial charge on any atom is -0.488 e. The summed E-state index contributed by atoms with van der Waals surface area (Å²) in [5, 5.41) is 0. The average molecular weight is 180 g/mol. The van der Waals surface area contributed by atoms with Crippen molar-refractivity contribution < 1.29 is 4.74 Å². The molecule has 1 aromatic heterocycles. The molecular weight excluding hydrogens is 164 g/mol. The SMILES string of the molecule is CC(C)Oc1cnc(C(C)C)nc1. The maximum absolute atomic E-state index is 5.42. The normalized spacial score (nSPS) is 10.9. The van der Waals surface area contributed by atoms with Crippen molar-refractivity contribution in [3.05, 3.63) is 18.2 Å². The topological polar surface area (TPSA) is 35.0 Å². The van der Waals surface area contributed by atoms with Crippen molar-refractivity contribution in [1.82, 2.24) is 9.97 Å². The quantitative estimate of drug-likeness (QED) is 0.716. The molecule has 13 heavy (non-hydrogen) atoms. The lowest BCUT2D eigenvalue weighted by Gasteiger charge is -2.09. The molecule has 1 heterocycles. The molecule has 0 aliphatic carbocycles. The van der Waals surface area contributed by atoms with Crippen molar-refractivity contribution in [1.29, 1.82) is 0 Å². The Balaban J connectivity index is 2.70. The first-order chi connectivity index (χ1) is 6.09. The van der Waals surface area contributed by atoms with E-state index in [1.807, 2.05) is 13.8 Å². The van der Waals surface area contributed by atoms with Gasteiger partial charge in [-0.25, -0.2) is 9.97 Å². The number of nitrogens with zero attached hydrogens (tertiary/aromatic N) is 2. The second kappa shape index (κ2) is 4.21. The van der Waals surface area contributed by atoms with Gasteiger partial charge >= 0.3 is 0 Å². The molecule has 0 aromatic carbocycles. The van der Waals surface area contributed by atoms with Crippen LogP contribution in [0.3, 0.4) is 0 Å². The Labute approximate surface area is 79.2 Å². The van der Waals surface area contributed by atoms with Gasteiger partial charge in [-0.3, -0.25) is 0 Å². The van der Waals surface area contributed by atoms with Gasteiger partial charge < -0.3 is 4.74 Å². The largest absolute Gasteiger partial charge is 0.488 e. The van der Waals surface area contributed by atoms with E-state index in [9.17, 15) is 0 Å². The van der Waals surface area contributed by atoms with Gasteiger partial charge in [-0.1, -0.05) is 13.8 Å². The van der Waals surface area contributed by atoms with Crippen LogP contribution in [-0.4, -0.2) is 16.1 Å². The summed E-state index contributed by atoms with van der Waals surface area (Å²) in [5.41, 5.74) is 0. The molecule has 0 saturated carbocycles. The standard InChI is InChI=1S/C10H16N2O/c1-7(2)10-11-5-9(6-12-10)13-8(3)4/h5-8H,1-4H3.